The van der Waals surface area contributed by atoms with E-state index in [2.05, 4.69) is 60.6 Å². The molecule has 2 heterocycles. The van der Waals surface area contributed by atoms with Crippen LogP contribution in [0.25, 0.3) is 0 Å². The van der Waals surface area contributed by atoms with Gasteiger partial charge in [-0.3, -0.25) is 9.69 Å². The lowest BCUT2D eigenvalue weighted by Gasteiger charge is -2.23. The average molecular weight is 328 g/mol. The van der Waals surface area contributed by atoms with Gasteiger partial charge in [0.2, 0.25) is 5.91 Å². The summed E-state index contributed by atoms with van der Waals surface area (Å²) in [6.45, 7) is 7.67. The van der Waals surface area contributed by atoms with Gasteiger partial charge in [0.15, 0.2) is 0 Å². The van der Waals surface area contributed by atoms with Crippen LogP contribution in [0.2, 0.25) is 0 Å². The van der Waals surface area contributed by atoms with E-state index >= 15 is 0 Å². The quantitative estimate of drug-likeness (QED) is 0.899. The van der Waals surface area contributed by atoms with Crippen molar-refractivity contribution in [2.75, 3.05) is 18.4 Å². The Morgan fingerprint density at radius 1 is 1.30 bits per heavy atom. The average Bonchev–Trinajstić information content (AvgIpc) is 3.13. The maximum absolute atomic E-state index is 12.5. The number of thiophene rings is 1. The van der Waals surface area contributed by atoms with Crippen molar-refractivity contribution in [3.63, 3.8) is 0 Å². The van der Waals surface area contributed by atoms with E-state index in [4.69, 9.17) is 0 Å². The van der Waals surface area contributed by atoms with Gasteiger partial charge >= 0.3 is 0 Å². The molecule has 0 radical (unpaired) electrons. The van der Waals surface area contributed by atoms with Crippen LogP contribution in [0.5, 0.6) is 0 Å². The first-order valence-electron chi connectivity index (χ1n) is 8.20. The molecule has 0 saturated carbocycles. The molecule has 1 fully saturated rings. The van der Waals surface area contributed by atoms with E-state index in [1.54, 1.807) is 11.3 Å². The van der Waals surface area contributed by atoms with Crippen LogP contribution in [0.4, 0.5) is 5.69 Å². The van der Waals surface area contributed by atoms with Crippen LogP contribution < -0.4 is 5.32 Å². The van der Waals surface area contributed by atoms with Gasteiger partial charge in [0, 0.05) is 16.6 Å². The topological polar surface area (TPSA) is 32.3 Å². The lowest BCUT2D eigenvalue weighted by Crippen LogP contribution is -2.33. The van der Waals surface area contributed by atoms with Crippen molar-refractivity contribution in [2.24, 2.45) is 0 Å². The highest BCUT2D eigenvalue weighted by atomic mass is 32.1. The summed E-state index contributed by atoms with van der Waals surface area (Å²) in [4.78, 5) is 16.2. The van der Waals surface area contributed by atoms with Crippen LogP contribution in [0.15, 0.2) is 29.6 Å². The van der Waals surface area contributed by atoms with E-state index in [9.17, 15) is 4.79 Å². The largest absolute Gasteiger partial charge is 0.324 e. The zero-order valence-electron chi connectivity index (χ0n) is 14.1. The first kappa shape index (κ1) is 16.2. The number of aryl methyl sites for hydroxylation is 3. The maximum atomic E-state index is 12.5. The molecule has 0 aliphatic carbocycles. The highest BCUT2D eigenvalue weighted by Gasteiger charge is 2.28. The molecule has 1 aliphatic heterocycles. The van der Waals surface area contributed by atoms with Crippen molar-refractivity contribution in [2.45, 2.75) is 39.7 Å². The third-order valence-corrected chi connectivity index (χ3v) is 5.50. The normalized spacial score (nSPS) is 18.3. The Labute approximate surface area is 142 Å². The monoisotopic (exact) mass is 328 g/mol. The molecule has 122 valence electrons. The van der Waals surface area contributed by atoms with Crippen LogP contribution in [0.1, 0.15) is 40.5 Å². The minimum Gasteiger partial charge on any atom is -0.324 e. The second-order valence-electron chi connectivity index (χ2n) is 6.47. The fourth-order valence-electron chi connectivity index (χ4n) is 3.56. The number of hydrogen-bond donors (Lipinski definition) is 1. The highest BCUT2D eigenvalue weighted by molar-refractivity contribution is 7.10. The molecule has 2 aromatic rings. The van der Waals surface area contributed by atoms with Gasteiger partial charge in [0.25, 0.3) is 0 Å². The number of carbonyl (C=O) groups excluding carboxylic acids is 1. The molecule has 1 amide bonds. The van der Waals surface area contributed by atoms with E-state index in [0.717, 1.165) is 29.8 Å². The van der Waals surface area contributed by atoms with Crippen molar-refractivity contribution in [3.8, 4) is 0 Å². The Morgan fingerprint density at radius 3 is 2.70 bits per heavy atom. The van der Waals surface area contributed by atoms with Crippen LogP contribution in [0.3, 0.4) is 0 Å². The van der Waals surface area contributed by atoms with Gasteiger partial charge in [-0.1, -0.05) is 23.8 Å². The summed E-state index contributed by atoms with van der Waals surface area (Å²) in [5.74, 6) is 0.0866. The van der Waals surface area contributed by atoms with Crippen molar-refractivity contribution in [1.29, 1.82) is 0 Å². The third kappa shape index (κ3) is 3.65. The Morgan fingerprint density at radius 2 is 2.04 bits per heavy atom. The molecular weight excluding hydrogens is 304 g/mol. The summed E-state index contributed by atoms with van der Waals surface area (Å²) in [5.41, 5.74) is 4.46. The molecule has 1 N–H and O–H groups in total. The van der Waals surface area contributed by atoms with E-state index in [-0.39, 0.29) is 5.91 Å². The molecule has 1 aromatic carbocycles. The summed E-state index contributed by atoms with van der Waals surface area (Å²) in [6, 6.07) is 8.91. The predicted octanol–water partition coefficient (Wildman–Crippen LogP) is 4.45. The Balaban J connectivity index is 1.68. The summed E-state index contributed by atoms with van der Waals surface area (Å²) >= 11 is 1.79. The van der Waals surface area contributed by atoms with E-state index in [1.165, 1.54) is 16.9 Å². The first-order chi connectivity index (χ1) is 11.0. The Bertz CT molecular complexity index is 670. The molecule has 23 heavy (non-hydrogen) atoms. The maximum Gasteiger partial charge on any atom is 0.238 e. The molecule has 1 aliphatic rings. The van der Waals surface area contributed by atoms with Gasteiger partial charge in [0.1, 0.15) is 0 Å². The van der Waals surface area contributed by atoms with Gasteiger partial charge in [-0.25, -0.2) is 0 Å². The fourth-order valence-corrected chi connectivity index (χ4v) is 4.45. The van der Waals surface area contributed by atoms with Gasteiger partial charge in [-0.05, 0) is 62.7 Å². The van der Waals surface area contributed by atoms with Crippen LogP contribution in [-0.2, 0) is 4.79 Å². The van der Waals surface area contributed by atoms with Gasteiger partial charge in [0.05, 0.1) is 6.54 Å². The van der Waals surface area contributed by atoms with E-state index in [1.807, 2.05) is 0 Å². The van der Waals surface area contributed by atoms with Gasteiger partial charge in [-0.15, -0.1) is 11.3 Å². The number of benzene rings is 1. The fraction of sp³-hybridized carbons (Fsp3) is 0.421. The molecule has 1 atom stereocenters. The molecule has 0 unspecified atom stereocenters. The summed E-state index contributed by atoms with van der Waals surface area (Å²) < 4.78 is 0. The number of carbonyl (C=O) groups is 1. The molecular formula is C19H24N2OS. The van der Waals surface area contributed by atoms with Crippen LogP contribution in [-0.4, -0.2) is 23.9 Å². The minimum atomic E-state index is 0.0866. The second-order valence-corrected chi connectivity index (χ2v) is 7.45. The lowest BCUT2D eigenvalue weighted by molar-refractivity contribution is -0.117. The van der Waals surface area contributed by atoms with Crippen LogP contribution >= 0.6 is 11.3 Å². The van der Waals surface area contributed by atoms with Crippen molar-refractivity contribution in [3.05, 3.63) is 51.2 Å². The number of nitrogens with one attached hydrogen (secondary N) is 1. The molecule has 1 saturated heterocycles. The molecule has 0 spiro atoms. The zero-order chi connectivity index (χ0) is 16.4. The van der Waals surface area contributed by atoms with E-state index in [0.29, 0.717) is 12.6 Å². The molecule has 0 bridgehead atoms. The second kappa shape index (κ2) is 6.85. The number of anilines is 1. The molecule has 4 heteroatoms. The number of rotatable bonds is 4. The summed E-state index contributed by atoms with van der Waals surface area (Å²) in [5, 5.41) is 5.24. The van der Waals surface area contributed by atoms with E-state index < -0.39 is 0 Å². The van der Waals surface area contributed by atoms with Gasteiger partial charge < -0.3 is 5.32 Å². The van der Waals surface area contributed by atoms with Crippen molar-refractivity contribution >= 4 is 22.9 Å². The number of likely N-dealkylation sites (tertiary alicyclic amines) is 1. The lowest BCUT2D eigenvalue weighted by atomic mass is 10.1. The first-order valence-corrected chi connectivity index (χ1v) is 9.07. The smallest absolute Gasteiger partial charge is 0.238 e. The minimum absolute atomic E-state index is 0.0866. The van der Waals surface area contributed by atoms with Crippen molar-refractivity contribution < 1.29 is 4.79 Å². The Hall–Kier alpha value is -1.65. The molecule has 3 rings (SSSR count). The third-order valence-electron chi connectivity index (χ3n) is 4.52. The molecule has 1 aromatic heterocycles. The van der Waals surface area contributed by atoms with Crippen molar-refractivity contribution in [1.82, 2.24) is 4.90 Å². The standard InChI is InChI=1S/C19H24N2OS/c1-13-10-14(2)19(15(3)11-13)20-18(22)12-21-8-4-6-16(21)17-7-5-9-23-17/h5,7,9-11,16H,4,6,8,12H2,1-3H3,(H,20,22)/t16-/m1/s1. The SMILES string of the molecule is Cc1cc(C)c(NC(=O)CN2CCC[C@@H]2c2cccs2)c(C)c1. The Kier molecular flexibility index (Phi) is 4.83. The summed E-state index contributed by atoms with van der Waals surface area (Å²) in [7, 11) is 0. The predicted molar refractivity (Wildman–Crippen MR) is 97.1 cm³/mol. The van der Waals surface area contributed by atoms with Crippen LogP contribution in [0, 0.1) is 20.8 Å². The number of amides is 1. The number of hydrogen-bond acceptors (Lipinski definition) is 3. The zero-order valence-corrected chi connectivity index (χ0v) is 14.9. The summed E-state index contributed by atoms with van der Waals surface area (Å²) in [6.07, 6.45) is 2.31. The molecule has 3 nitrogen and oxygen atoms in total. The highest BCUT2D eigenvalue weighted by Crippen LogP contribution is 2.34. The number of nitrogens with zero attached hydrogens (tertiary/aromatic N) is 1. The van der Waals surface area contributed by atoms with Gasteiger partial charge in [-0.2, -0.15) is 0 Å².